The van der Waals surface area contributed by atoms with Crippen molar-refractivity contribution in [3.63, 3.8) is 0 Å². The molecule has 1 aliphatic heterocycles. The molecule has 2 aliphatic rings. The first-order valence-corrected chi connectivity index (χ1v) is 11.4. The lowest BCUT2D eigenvalue weighted by atomic mass is 9.96. The fraction of sp³-hybridized carbons (Fsp3) is 0.231. The Hall–Kier alpha value is -4.42. The minimum Gasteiger partial charge on any atom is -0.390 e. The number of pyridine rings is 2. The molecule has 1 amide bonds. The highest BCUT2D eigenvalue weighted by Crippen LogP contribution is 2.43. The molecule has 9 nitrogen and oxygen atoms in total. The lowest BCUT2D eigenvalue weighted by molar-refractivity contribution is 0.0995. The second kappa shape index (κ2) is 8.11. The first-order valence-electron chi connectivity index (χ1n) is 11.4. The summed E-state index contributed by atoms with van der Waals surface area (Å²) < 4.78 is 1.82. The topological polar surface area (TPSA) is 121 Å². The highest BCUT2D eigenvalue weighted by molar-refractivity contribution is 6.09. The Morgan fingerprint density at radius 3 is 2.71 bits per heavy atom. The molecule has 1 aromatic carbocycles. The number of aliphatic hydroxyl groups excluding tert-OH is 1. The van der Waals surface area contributed by atoms with Gasteiger partial charge in [-0.3, -0.25) is 14.7 Å². The molecule has 35 heavy (non-hydrogen) atoms. The summed E-state index contributed by atoms with van der Waals surface area (Å²) in [5.41, 5.74) is 5.87. The van der Waals surface area contributed by atoms with Crippen molar-refractivity contribution in [2.75, 3.05) is 4.90 Å². The van der Waals surface area contributed by atoms with Gasteiger partial charge >= 0.3 is 0 Å². The monoisotopic (exact) mass is 463 g/mol. The number of aliphatic hydroxyl groups is 1. The fourth-order valence-corrected chi connectivity index (χ4v) is 4.51. The zero-order valence-corrected chi connectivity index (χ0v) is 19.0. The smallest absolute Gasteiger partial charge is 0.260 e. The van der Waals surface area contributed by atoms with Gasteiger partial charge in [0.25, 0.3) is 5.91 Å². The maximum Gasteiger partial charge on any atom is 0.260 e. The Morgan fingerprint density at radius 2 is 2.00 bits per heavy atom. The lowest BCUT2D eigenvalue weighted by Gasteiger charge is -2.18. The summed E-state index contributed by atoms with van der Waals surface area (Å²) in [7, 11) is 1.86. The van der Waals surface area contributed by atoms with Crippen LogP contribution in [0.2, 0.25) is 0 Å². The van der Waals surface area contributed by atoms with Gasteiger partial charge in [0.05, 0.1) is 30.5 Å². The van der Waals surface area contributed by atoms with Crippen LogP contribution in [-0.4, -0.2) is 35.7 Å². The van der Waals surface area contributed by atoms with Crippen molar-refractivity contribution in [2.45, 2.75) is 31.9 Å². The molecule has 0 spiro atoms. The molecule has 172 valence electrons. The van der Waals surface area contributed by atoms with Gasteiger partial charge in [0.15, 0.2) is 5.82 Å². The maximum atomic E-state index is 13.3. The summed E-state index contributed by atoms with van der Waals surface area (Å²) >= 11 is 0. The van der Waals surface area contributed by atoms with Crippen LogP contribution < -0.4 is 4.90 Å². The molecule has 3 aromatic heterocycles. The Morgan fingerprint density at radius 1 is 1.14 bits per heavy atom. The van der Waals surface area contributed by atoms with Crippen LogP contribution in [0.15, 0.2) is 48.9 Å². The second-order valence-corrected chi connectivity index (χ2v) is 8.93. The zero-order chi connectivity index (χ0) is 24.1. The molecule has 1 fully saturated rings. The van der Waals surface area contributed by atoms with Crippen molar-refractivity contribution in [2.24, 2.45) is 7.05 Å². The van der Waals surface area contributed by atoms with Crippen LogP contribution in [0.1, 0.15) is 51.6 Å². The maximum absolute atomic E-state index is 13.3. The minimum absolute atomic E-state index is 0.156. The summed E-state index contributed by atoms with van der Waals surface area (Å²) in [5, 5.41) is 27.2. The SMILES string of the molecule is Cn1cnnc1-c1cc(C#N)ccc1-c1cc(C2CC2)nc(N2Cc3cnc(CO)cc3C2=O)c1. The molecule has 9 heteroatoms. The van der Waals surface area contributed by atoms with Crippen LogP contribution in [0.5, 0.6) is 0 Å². The van der Waals surface area contributed by atoms with Crippen LogP contribution in [0, 0.1) is 11.3 Å². The highest BCUT2D eigenvalue weighted by atomic mass is 16.3. The van der Waals surface area contributed by atoms with E-state index in [-0.39, 0.29) is 12.5 Å². The van der Waals surface area contributed by atoms with E-state index in [2.05, 4.69) is 27.3 Å². The summed E-state index contributed by atoms with van der Waals surface area (Å²) in [5.74, 6) is 1.44. The van der Waals surface area contributed by atoms with E-state index in [4.69, 9.17) is 4.98 Å². The van der Waals surface area contributed by atoms with Crippen LogP contribution in [-0.2, 0) is 20.2 Å². The summed E-state index contributed by atoms with van der Waals surface area (Å²) in [6, 6.07) is 13.3. The third kappa shape index (κ3) is 3.64. The average Bonchev–Trinajstić information content (AvgIpc) is 3.58. The van der Waals surface area contributed by atoms with Crippen LogP contribution in [0.25, 0.3) is 22.5 Å². The number of carbonyl (C=O) groups is 1. The number of hydrogen-bond acceptors (Lipinski definition) is 7. The number of nitriles is 1. The van der Waals surface area contributed by atoms with Gasteiger partial charge in [-0.15, -0.1) is 10.2 Å². The van der Waals surface area contributed by atoms with E-state index in [1.54, 1.807) is 29.6 Å². The Bertz CT molecular complexity index is 1530. The molecular weight excluding hydrogens is 442 g/mol. The highest BCUT2D eigenvalue weighted by Gasteiger charge is 2.32. The Labute approximate surface area is 201 Å². The Kier molecular flexibility index (Phi) is 4.90. The molecule has 1 saturated carbocycles. The molecule has 0 bridgehead atoms. The normalized spacial score (nSPS) is 14.8. The summed E-state index contributed by atoms with van der Waals surface area (Å²) in [6.45, 7) is 0.153. The number of fused-ring (bicyclic) bond motifs is 1. The number of carbonyl (C=O) groups excluding carboxylic acids is 1. The van der Waals surface area contributed by atoms with Gasteiger partial charge in [0.2, 0.25) is 0 Å². The third-order valence-electron chi connectivity index (χ3n) is 6.52. The number of rotatable bonds is 5. The van der Waals surface area contributed by atoms with E-state index in [1.165, 1.54) is 0 Å². The molecule has 4 aromatic rings. The molecule has 1 N–H and O–H groups in total. The van der Waals surface area contributed by atoms with E-state index < -0.39 is 0 Å². The van der Waals surface area contributed by atoms with Crippen LogP contribution in [0.3, 0.4) is 0 Å². The number of benzene rings is 1. The zero-order valence-electron chi connectivity index (χ0n) is 19.0. The van der Waals surface area contributed by atoms with E-state index in [0.717, 1.165) is 40.8 Å². The van der Waals surface area contributed by atoms with Gasteiger partial charge in [-0.1, -0.05) is 6.07 Å². The predicted octanol–water partition coefficient (Wildman–Crippen LogP) is 3.34. The molecule has 0 radical (unpaired) electrons. The van der Waals surface area contributed by atoms with E-state index in [0.29, 0.717) is 40.9 Å². The van der Waals surface area contributed by atoms with Crippen molar-refractivity contribution in [3.8, 4) is 28.6 Å². The molecule has 4 heterocycles. The van der Waals surface area contributed by atoms with Crippen molar-refractivity contribution >= 4 is 11.7 Å². The van der Waals surface area contributed by atoms with Gasteiger partial charge in [0.1, 0.15) is 12.1 Å². The summed E-state index contributed by atoms with van der Waals surface area (Å²) in [6.07, 6.45) is 5.41. The van der Waals surface area contributed by atoms with Gasteiger partial charge in [0, 0.05) is 41.5 Å². The standard InChI is InChI=1S/C26H21N7O2/c1-32-14-29-31-25(32)22-6-15(10-27)2-5-20(22)17-7-23(16-3-4-16)30-24(8-17)33-12-18-11-28-19(13-34)9-21(18)26(33)35/h2,5-9,11,14,16,34H,3-4,12-13H2,1H3. The van der Waals surface area contributed by atoms with Crippen molar-refractivity contribution < 1.29 is 9.90 Å². The van der Waals surface area contributed by atoms with Crippen molar-refractivity contribution in [3.05, 3.63) is 77.0 Å². The van der Waals surface area contributed by atoms with Gasteiger partial charge < -0.3 is 9.67 Å². The van der Waals surface area contributed by atoms with Gasteiger partial charge in [-0.2, -0.15) is 5.26 Å². The lowest BCUT2D eigenvalue weighted by Crippen LogP contribution is -2.24. The fourth-order valence-electron chi connectivity index (χ4n) is 4.51. The first kappa shape index (κ1) is 21.1. The molecule has 0 saturated heterocycles. The van der Waals surface area contributed by atoms with E-state index >= 15 is 0 Å². The van der Waals surface area contributed by atoms with E-state index in [1.807, 2.05) is 29.8 Å². The van der Waals surface area contributed by atoms with Gasteiger partial charge in [-0.05, 0) is 54.3 Å². The van der Waals surface area contributed by atoms with Gasteiger partial charge in [-0.25, -0.2) is 4.98 Å². The number of nitrogens with zero attached hydrogens (tertiary/aromatic N) is 7. The Balaban J connectivity index is 1.49. The van der Waals surface area contributed by atoms with Crippen LogP contribution >= 0.6 is 0 Å². The predicted molar refractivity (Wildman–Crippen MR) is 127 cm³/mol. The molecular formula is C26H21N7O2. The number of amides is 1. The van der Waals surface area contributed by atoms with E-state index in [9.17, 15) is 15.2 Å². The summed E-state index contributed by atoms with van der Waals surface area (Å²) in [4.78, 5) is 24.1. The molecule has 0 atom stereocenters. The van der Waals surface area contributed by atoms with Crippen LogP contribution in [0.4, 0.5) is 5.82 Å². The minimum atomic E-state index is -0.219. The average molecular weight is 464 g/mol. The third-order valence-corrected chi connectivity index (χ3v) is 6.52. The molecule has 1 aliphatic carbocycles. The molecule has 0 unspecified atom stereocenters. The second-order valence-electron chi connectivity index (χ2n) is 8.93. The number of aryl methyl sites for hydroxylation is 1. The first-order chi connectivity index (χ1) is 17.1. The van der Waals surface area contributed by atoms with Crippen molar-refractivity contribution in [1.82, 2.24) is 24.7 Å². The number of anilines is 1. The largest absolute Gasteiger partial charge is 0.390 e. The number of aromatic nitrogens is 5. The van der Waals surface area contributed by atoms with Crippen molar-refractivity contribution in [1.29, 1.82) is 5.26 Å². The number of hydrogen-bond donors (Lipinski definition) is 1. The molecule has 6 rings (SSSR count). The quantitative estimate of drug-likeness (QED) is 0.482.